The van der Waals surface area contributed by atoms with E-state index in [-0.39, 0.29) is 53.8 Å². The van der Waals surface area contributed by atoms with Gasteiger partial charge >= 0.3 is 11.9 Å². The molecule has 3 aliphatic rings. The molecule has 0 saturated heterocycles. The molecule has 0 heterocycles. The van der Waals surface area contributed by atoms with Gasteiger partial charge in [-0.05, 0) is 64.8 Å². The predicted molar refractivity (Wildman–Crippen MR) is 146 cm³/mol. The minimum absolute atomic E-state index is 0.119. The van der Waals surface area contributed by atoms with E-state index >= 15 is 0 Å². The summed E-state index contributed by atoms with van der Waals surface area (Å²) < 4.78 is 44.2. The molecule has 1 N–H and O–H groups in total. The van der Waals surface area contributed by atoms with Crippen molar-refractivity contribution in [2.45, 2.75) is 62.7 Å². The topological polar surface area (TPSA) is 107 Å². The number of rotatable bonds is 8. The van der Waals surface area contributed by atoms with E-state index in [2.05, 4.69) is 48.5 Å². The van der Waals surface area contributed by atoms with Crippen molar-refractivity contribution < 1.29 is 32.0 Å². The lowest BCUT2D eigenvalue weighted by Crippen LogP contribution is -2.35. The molecule has 0 radical (unpaired) electrons. The molecule has 8 heteroatoms. The van der Waals surface area contributed by atoms with E-state index in [9.17, 15) is 22.6 Å². The van der Waals surface area contributed by atoms with Crippen molar-refractivity contribution in [3.63, 3.8) is 0 Å². The Bertz CT molecular complexity index is 1490. The highest BCUT2D eigenvalue weighted by molar-refractivity contribution is 7.85. The Labute approximate surface area is 228 Å². The summed E-state index contributed by atoms with van der Waals surface area (Å²) in [6, 6.07) is 19.7. The highest BCUT2D eigenvalue weighted by Crippen LogP contribution is 2.55. The van der Waals surface area contributed by atoms with Crippen molar-refractivity contribution in [1.82, 2.24) is 0 Å². The van der Waals surface area contributed by atoms with Gasteiger partial charge in [0.25, 0.3) is 10.1 Å². The maximum Gasteiger partial charge on any atom is 0.311 e. The van der Waals surface area contributed by atoms with Gasteiger partial charge in [-0.2, -0.15) is 8.42 Å². The highest BCUT2D eigenvalue weighted by Gasteiger charge is 2.43. The van der Waals surface area contributed by atoms with Crippen LogP contribution in [0.5, 0.6) is 5.75 Å². The monoisotopic (exact) mass is 548 g/mol. The van der Waals surface area contributed by atoms with Crippen molar-refractivity contribution in [3.05, 3.63) is 94.0 Å². The number of carbonyl (C=O) groups is 2. The van der Waals surface area contributed by atoms with Crippen molar-refractivity contribution in [1.29, 1.82) is 0 Å². The highest BCUT2D eigenvalue weighted by atomic mass is 32.2. The van der Waals surface area contributed by atoms with E-state index in [0.717, 1.165) is 6.42 Å². The zero-order valence-corrected chi connectivity index (χ0v) is 23.0. The molecule has 0 spiro atoms. The minimum Gasteiger partial charge on any atom is -0.465 e. The van der Waals surface area contributed by atoms with E-state index in [1.165, 1.54) is 34.4 Å². The van der Waals surface area contributed by atoms with Crippen LogP contribution in [0.2, 0.25) is 0 Å². The van der Waals surface area contributed by atoms with Gasteiger partial charge in [0.05, 0.1) is 24.3 Å². The van der Waals surface area contributed by atoms with Gasteiger partial charge in [-0.3, -0.25) is 14.1 Å². The summed E-state index contributed by atoms with van der Waals surface area (Å²) >= 11 is 0. The van der Waals surface area contributed by atoms with Gasteiger partial charge in [0.15, 0.2) is 0 Å². The van der Waals surface area contributed by atoms with E-state index in [0.29, 0.717) is 11.1 Å². The molecule has 1 atom stereocenters. The molecule has 3 aromatic carbocycles. The Hall–Kier alpha value is -3.49. The second-order valence-electron chi connectivity index (χ2n) is 10.7. The molecule has 0 saturated carbocycles. The first-order valence-electron chi connectivity index (χ1n) is 13.2. The van der Waals surface area contributed by atoms with Crippen LogP contribution in [0.15, 0.2) is 65.6 Å². The first kappa shape index (κ1) is 27.1. The standard InChI is InChI=1S/C31H32O7S/c1-18(2)25-16-27(19(3)14-28(25)39(34,35)36)38-30(33)13-12-29(32)37-17-20-15-26-21-8-4-6-10-23(21)31(20)24-11-7-5-9-22(24)26/h4-11,14,16,18,20,26,31H,12-13,15,17H2,1-3H3,(H,34,35,36). The van der Waals surface area contributed by atoms with Crippen LogP contribution in [0, 0.1) is 12.8 Å². The summed E-state index contributed by atoms with van der Waals surface area (Å²) in [4.78, 5) is 24.9. The van der Waals surface area contributed by atoms with Crippen LogP contribution in [0.1, 0.15) is 84.2 Å². The molecule has 39 heavy (non-hydrogen) atoms. The zero-order chi connectivity index (χ0) is 27.9. The van der Waals surface area contributed by atoms with Crippen LogP contribution >= 0.6 is 0 Å². The summed E-state index contributed by atoms with van der Waals surface area (Å²) in [7, 11) is -4.42. The quantitative estimate of drug-likeness (QED) is 0.212. The van der Waals surface area contributed by atoms with Crippen molar-refractivity contribution in [2.75, 3.05) is 6.61 Å². The smallest absolute Gasteiger partial charge is 0.311 e. The average molecular weight is 549 g/mol. The van der Waals surface area contributed by atoms with Gasteiger partial charge < -0.3 is 9.47 Å². The Morgan fingerprint density at radius 1 is 0.923 bits per heavy atom. The van der Waals surface area contributed by atoms with E-state index in [4.69, 9.17) is 9.47 Å². The summed E-state index contributed by atoms with van der Waals surface area (Å²) in [6.07, 6.45) is 0.620. The van der Waals surface area contributed by atoms with E-state index < -0.39 is 22.1 Å². The maximum atomic E-state index is 12.6. The molecule has 6 rings (SSSR count). The normalized spacial score (nSPS) is 19.4. The van der Waals surface area contributed by atoms with E-state index in [1.54, 1.807) is 20.8 Å². The van der Waals surface area contributed by atoms with Crippen molar-refractivity contribution >= 4 is 22.1 Å². The summed E-state index contributed by atoms with van der Waals surface area (Å²) in [6.45, 7) is 5.42. The number of ether oxygens (including phenoxy) is 2. The molecule has 1 unspecified atom stereocenters. The zero-order valence-electron chi connectivity index (χ0n) is 22.2. The number of esters is 2. The van der Waals surface area contributed by atoms with Gasteiger partial charge in [0.2, 0.25) is 0 Å². The van der Waals surface area contributed by atoms with Gasteiger partial charge in [0.1, 0.15) is 5.75 Å². The van der Waals surface area contributed by atoms with Crippen molar-refractivity contribution in [2.24, 2.45) is 5.92 Å². The van der Waals surface area contributed by atoms with Crippen LogP contribution in [0.3, 0.4) is 0 Å². The summed E-state index contributed by atoms with van der Waals surface area (Å²) in [5.41, 5.74) is 6.03. The minimum atomic E-state index is -4.42. The summed E-state index contributed by atoms with van der Waals surface area (Å²) in [5.74, 6) is -0.505. The Kier molecular flexibility index (Phi) is 7.35. The third-order valence-corrected chi connectivity index (χ3v) is 8.75. The third-order valence-electron chi connectivity index (χ3n) is 7.85. The molecule has 0 amide bonds. The van der Waals surface area contributed by atoms with Crippen LogP contribution in [-0.2, 0) is 24.4 Å². The Morgan fingerprint density at radius 2 is 1.49 bits per heavy atom. The van der Waals surface area contributed by atoms with Crippen LogP contribution in [0.4, 0.5) is 0 Å². The van der Waals surface area contributed by atoms with Gasteiger partial charge in [0, 0.05) is 17.8 Å². The second kappa shape index (κ2) is 10.6. The lowest BCUT2D eigenvalue weighted by atomic mass is 9.59. The molecular weight excluding hydrogens is 516 g/mol. The number of hydrogen-bond acceptors (Lipinski definition) is 6. The van der Waals surface area contributed by atoms with Crippen LogP contribution in [-0.4, -0.2) is 31.5 Å². The SMILES string of the molecule is Cc1cc(S(=O)(=O)O)c(C(C)C)cc1OC(=O)CCC(=O)OCC1CC2c3ccccc3C1c1ccccc12. The maximum absolute atomic E-state index is 12.6. The molecule has 3 aromatic rings. The number of carbonyl (C=O) groups excluding carboxylic acids is 2. The lowest BCUT2D eigenvalue weighted by molar-refractivity contribution is -0.148. The molecule has 0 aromatic heterocycles. The average Bonchev–Trinajstić information content (AvgIpc) is 2.91. The fourth-order valence-electron chi connectivity index (χ4n) is 6.03. The third kappa shape index (κ3) is 5.36. The number of fused-ring (bicyclic) bond motifs is 1. The lowest BCUT2D eigenvalue weighted by Gasteiger charge is -2.45. The molecule has 0 aliphatic heterocycles. The van der Waals surface area contributed by atoms with Crippen molar-refractivity contribution in [3.8, 4) is 5.75 Å². The van der Waals surface area contributed by atoms with Crippen LogP contribution < -0.4 is 4.74 Å². The predicted octanol–water partition coefficient (Wildman–Crippen LogP) is 5.89. The largest absolute Gasteiger partial charge is 0.465 e. The first-order chi connectivity index (χ1) is 18.5. The fourth-order valence-corrected chi connectivity index (χ4v) is 6.95. The molecule has 3 aliphatic carbocycles. The first-order valence-corrected chi connectivity index (χ1v) is 14.6. The number of hydrogen-bond donors (Lipinski definition) is 1. The number of aryl methyl sites for hydroxylation is 1. The van der Waals surface area contributed by atoms with Gasteiger partial charge in [-0.1, -0.05) is 62.4 Å². The van der Waals surface area contributed by atoms with E-state index in [1.807, 2.05) is 0 Å². The van der Waals surface area contributed by atoms with Crippen LogP contribution in [0.25, 0.3) is 0 Å². The number of benzene rings is 3. The molecule has 0 fully saturated rings. The molecular formula is C31H32O7S. The second-order valence-corrected chi connectivity index (χ2v) is 12.1. The molecule has 2 bridgehead atoms. The molecule has 7 nitrogen and oxygen atoms in total. The molecule has 204 valence electrons. The van der Waals surface area contributed by atoms with Gasteiger partial charge in [-0.15, -0.1) is 0 Å². The Balaban J connectivity index is 1.20. The van der Waals surface area contributed by atoms with Gasteiger partial charge in [-0.25, -0.2) is 0 Å². The Morgan fingerprint density at radius 3 is 2.05 bits per heavy atom. The summed E-state index contributed by atoms with van der Waals surface area (Å²) in [5, 5.41) is 0. The fraction of sp³-hybridized carbons (Fsp3) is 0.355.